The number of nitrogens with one attached hydrogen (secondary N) is 3. The Morgan fingerprint density at radius 2 is 1.39 bits per heavy atom. The van der Waals surface area contributed by atoms with Crippen molar-refractivity contribution in [3.63, 3.8) is 0 Å². The molecule has 1 amide bonds. The maximum Gasteiger partial charge on any atom is 0.354 e. The van der Waals surface area contributed by atoms with E-state index in [0.717, 1.165) is 19.3 Å². The predicted molar refractivity (Wildman–Crippen MR) is 151 cm³/mol. The van der Waals surface area contributed by atoms with Crippen LogP contribution in [0.15, 0.2) is 36.7 Å². The van der Waals surface area contributed by atoms with Crippen molar-refractivity contribution < 1.29 is 14.5 Å². The monoisotopic (exact) mass is 528 g/mol. The number of rotatable bonds is 22. The molecule has 1 aromatic heterocycles. The molecular formula is C28H44N6O4. The molecule has 210 valence electrons. The van der Waals surface area contributed by atoms with Crippen LogP contribution in [0.5, 0.6) is 5.75 Å². The number of nitro groups is 1. The molecule has 0 atom stereocenters. The Bertz CT molecular complexity index is 929. The highest BCUT2D eigenvalue weighted by atomic mass is 16.6. The topological polar surface area (TPSA) is 131 Å². The lowest BCUT2D eigenvalue weighted by molar-refractivity contribution is -0.383. The summed E-state index contributed by atoms with van der Waals surface area (Å²) in [5, 5.41) is 14.7. The number of amides is 1. The summed E-state index contributed by atoms with van der Waals surface area (Å²) in [4.78, 5) is 31.1. The van der Waals surface area contributed by atoms with Crippen LogP contribution in [0.25, 0.3) is 0 Å². The molecular weight excluding hydrogens is 484 g/mol. The lowest BCUT2D eigenvalue weighted by Crippen LogP contribution is -2.34. The van der Waals surface area contributed by atoms with Crippen LogP contribution in [0.3, 0.4) is 0 Å². The standard InChI is InChI=1S/C28H44N6O4/c1-2-3-4-5-6-7-8-9-10-11-12-13-14-18-21-29-27-26(34(36)37)28(31-23-30-27)33-32-25(35)22-38-24-19-16-15-17-20-24/h15-17,19-20,23H,2-14,18,21-22H2,1H3,(H,32,35)(H2,29,30,31,33). The third kappa shape index (κ3) is 13.2. The minimum atomic E-state index is -0.567. The van der Waals surface area contributed by atoms with Crippen molar-refractivity contribution in [3.05, 3.63) is 46.8 Å². The van der Waals surface area contributed by atoms with Crippen molar-refractivity contribution >= 4 is 23.2 Å². The second-order valence-electron chi connectivity index (χ2n) is 9.47. The van der Waals surface area contributed by atoms with Crippen molar-refractivity contribution in [2.24, 2.45) is 0 Å². The van der Waals surface area contributed by atoms with Crippen LogP contribution >= 0.6 is 0 Å². The quantitative estimate of drug-likeness (QED) is 0.0863. The molecule has 0 spiro atoms. The molecule has 0 radical (unpaired) electrons. The van der Waals surface area contributed by atoms with Crippen LogP contribution in [-0.4, -0.2) is 34.0 Å². The normalized spacial score (nSPS) is 10.7. The highest BCUT2D eigenvalue weighted by Crippen LogP contribution is 2.28. The van der Waals surface area contributed by atoms with Crippen molar-refractivity contribution in [2.45, 2.75) is 96.8 Å². The number of hydrogen-bond acceptors (Lipinski definition) is 8. The molecule has 0 bridgehead atoms. The maximum absolute atomic E-state index is 12.1. The van der Waals surface area contributed by atoms with E-state index in [1.807, 2.05) is 6.07 Å². The molecule has 10 nitrogen and oxygen atoms in total. The fourth-order valence-electron chi connectivity index (χ4n) is 4.13. The number of carbonyl (C=O) groups excluding carboxylic acids is 1. The summed E-state index contributed by atoms with van der Waals surface area (Å²) in [7, 11) is 0. The van der Waals surface area contributed by atoms with Gasteiger partial charge in [0.15, 0.2) is 6.61 Å². The zero-order valence-corrected chi connectivity index (χ0v) is 22.8. The minimum absolute atomic E-state index is 0.0958. The summed E-state index contributed by atoms with van der Waals surface area (Å²) >= 11 is 0. The fraction of sp³-hybridized carbons (Fsp3) is 0.607. The molecule has 0 saturated carbocycles. The highest BCUT2D eigenvalue weighted by Gasteiger charge is 2.23. The second-order valence-corrected chi connectivity index (χ2v) is 9.47. The number of unbranched alkanes of at least 4 members (excludes halogenated alkanes) is 13. The van der Waals surface area contributed by atoms with Crippen molar-refractivity contribution in [3.8, 4) is 5.75 Å². The molecule has 3 N–H and O–H groups in total. The SMILES string of the molecule is CCCCCCCCCCCCCCCCNc1ncnc(NNC(=O)COc2ccccc2)c1[N+](=O)[O-]. The summed E-state index contributed by atoms with van der Waals surface area (Å²) in [6.07, 6.45) is 19.1. The van der Waals surface area contributed by atoms with E-state index in [1.165, 1.54) is 77.0 Å². The molecule has 2 aromatic rings. The average molecular weight is 529 g/mol. The van der Waals surface area contributed by atoms with Gasteiger partial charge in [0.25, 0.3) is 5.91 Å². The Kier molecular flexibility index (Phi) is 15.9. The molecule has 0 aliphatic heterocycles. The molecule has 0 aliphatic carbocycles. The van der Waals surface area contributed by atoms with Crippen LogP contribution in [-0.2, 0) is 4.79 Å². The van der Waals surface area contributed by atoms with Gasteiger partial charge < -0.3 is 10.1 Å². The van der Waals surface area contributed by atoms with Gasteiger partial charge in [-0.15, -0.1) is 0 Å². The predicted octanol–water partition coefficient (Wildman–Crippen LogP) is 6.80. The Labute approximate surface area is 226 Å². The highest BCUT2D eigenvalue weighted by molar-refractivity contribution is 5.80. The Balaban J connectivity index is 1.60. The fourth-order valence-corrected chi connectivity index (χ4v) is 4.13. The van der Waals surface area contributed by atoms with Gasteiger partial charge in [0.05, 0.1) is 4.92 Å². The number of nitrogens with zero attached hydrogens (tertiary/aromatic N) is 3. The van der Waals surface area contributed by atoms with Gasteiger partial charge in [0, 0.05) is 6.54 Å². The molecule has 0 fully saturated rings. The van der Waals surface area contributed by atoms with E-state index in [9.17, 15) is 14.9 Å². The number of carbonyl (C=O) groups is 1. The average Bonchev–Trinajstić information content (AvgIpc) is 2.93. The first-order valence-electron chi connectivity index (χ1n) is 14.1. The van der Waals surface area contributed by atoms with E-state index in [-0.39, 0.29) is 23.9 Å². The number of anilines is 2. The third-order valence-corrected chi connectivity index (χ3v) is 6.26. The van der Waals surface area contributed by atoms with Crippen LogP contribution in [0.4, 0.5) is 17.3 Å². The van der Waals surface area contributed by atoms with E-state index >= 15 is 0 Å². The summed E-state index contributed by atoms with van der Waals surface area (Å²) in [5.74, 6) is 0.0721. The maximum atomic E-state index is 12.1. The lowest BCUT2D eigenvalue weighted by Gasteiger charge is -2.11. The molecule has 0 saturated heterocycles. The Morgan fingerprint density at radius 1 is 0.842 bits per heavy atom. The summed E-state index contributed by atoms with van der Waals surface area (Å²) in [6.45, 7) is 2.58. The van der Waals surface area contributed by atoms with Gasteiger partial charge in [0.1, 0.15) is 12.1 Å². The molecule has 1 aromatic carbocycles. The van der Waals surface area contributed by atoms with E-state index < -0.39 is 10.8 Å². The van der Waals surface area contributed by atoms with Crippen molar-refractivity contribution in [2.75, 3.05) is 23.9 Å². The van der Waals surface area contributed by atoms with Crippen LogP contribution in [0, 0.1) is 10.1 Å². The number of hydrazine groups is 1. The van der Waals surface area contributed by atoms with Gasteiger partial charge >= 0.3 is 5.69 Å². The van der Waals surface area contributed by atoms with Gasteiger partial charge in [-0.25, -0.2) is 9.97 Å². The number of para-hydroxylation sites is 1. The first-order chi connectivity index (χ1) is 18.6. The van der Waals surface area contributed by atoms with Crippen molar-refractivity contribution in [1.82, 2.24) is 15.4 Å². The molecule has 0 unspecified atom stereocenters. The number of benzene rings is 1. The van der Waals surface area contributed by atoms with Gasteiger partial charge in [0.2, 0.25) is 11.6 Å². The number of aromatic nitrogens is 2. The van der Waals surface area contributed by atoms with Crippen molar-refractivity contribution in [1.29, 1.82) is 0 Å². The van der Waals surface area contributed by atoms with Gasteiger partial charge in [-0.3, -0.25) is 25.8 Å². The zero-order chi connectivity index (χ0) is 27.3. The third-order valence-electron chi connectivity index (χ3n) is 6.26. The van der Waals surface area contributed by atoms with E-state index in [1.54, 1.807) is 24.3 Å². The first kappa shape index (κ1) is 30.8. The molecule has 10 heteroatoms. The summed E-state index contributed by atoms with van der Waals surface area (Å²) < 4.78 is 5.36. The molecule has 0 aliphatic rings. The number of ether oxygens (including phenoxy) is 1. The molecule has 1 heterocycles. The smallest absolute Gasteiger partial charge is 0.354 e. The lowest BCUT2D eigenvalue weighted by atomic mass is 10.0. The Morgan fingerprint density at radius 3 is 1.97 bits per heavy atom. The van der Waals surface area contributed by atoms with Crippen LogP contribution in [0.2, 0.25) is 0 Å². The largest absolute Gasteiger partial charge is 0.484 e. The van der Waals surface area contributed by atoms with E-state index in [2.05, 4.69) is 33.1 Å². The number of hydrogen-bond donors (Lipinski definition) is 3. The first-order valence-corrected chi connectivity index (χ1v) is 14.1. The zero-order valence-electron chi connectivity index (χ0n) is 22.8. The van der Waals surface area contributed by atoms with E-state index in [4.69, 9.17) is 4.74 Å². The van der Waals surface area contributed by atoms with Crippen LogP contribution in [0.1, 0.15) is 96.8 Å². The van der Waals surface area contributed by atoms with E-state index in [0.29, 0.717) is 12.3 Å². The molecule has 2 rings (SSSR count). The minimum Gasteiger partial charge on any atom is -0.484 e. The Hall–Kier alpha value is -3.43. The van der Waals surface area contributed by atoms with Gasteiger partial charge in [-0.1, -0.05) is 109 Å². The second kappa shape index (κ2) is 19.7. The molecule has 38 heavy (non-hydrogen) atoms. The van der Waals surface area contributed by atoms with Crippen LogP contribution < -0.4 is 20.9 Å². The summed E-state index contributed by atoms with van der Waals surface area (Å²) in [6, 6.07) is 8.89. The summed E-state index contributed by atoms with van der Waals surface area (Å²) in [5.41, 5.74) is 4.57. The van der Waals surface area contributed by atoms with Gasteiger partial charge in [-0.2, -0.15) is 0 Å². The van der Waals surface area contributed by atoms with Gasteiger partial charge in [-0.05, 0) is 18.6 Å².